The van der Waals surface area contributed by atoms with Gasteiger partial charge in [-0.05, 0) is 32.4 Å². The van der Waals surface area contributed by atoms with E-state index in [1.165, 1.54) is 0 Å². The van der Waals surface area contributed by atoms with Crippen LogP contribution in [0.2, 0.25) is 0 Å². The third-order valence-electron chi connectivity index (χ3n) is 3.40. The average Bonchev–Trinajstić information content (AvgIpc) is 2.88. The second-order valence-corrected chi connectivity index (χ2v) is 6.67. The topological polar surface area (TPSA) is 84.1 Å². The van der Waals surface area contributed by atoms with Crippen LogP contribution in [0.15, 0.2) is 29.4 Å². The summed E-state index contributed by atoms with van der Waals surface area (Å²) in [6.07, 6.45) is 0.892. The third kappa shape index (κ3) is 5.28. The van der Waals surface area contributed by atoms with Crippen LogP contribution in [0.25, 0.3) is 11.0 Å². The first kappa shape index (κ1) is 17.3. The molecular formula is C16H21N3O3S. The summed E-state index contributed by atoms with van der Waals surface area (Å²) in [6, 6.07) is 7.56. The van der Waals surface area contributed by atoms with Gasteiger partial charge in [0.05, 0.1) is 17.5 Å². The van der Waals surface area contributed by atoms with Crippen LogP contribution in [0.3, 0.4) is 0 Å². The third-order valence-corrected chi connectivity index (χ3v) is 4.11. The molecular weight excluding hydrogens is 314 g/mol. The Morgan fingerprint density at radius 2 is 2.09 bits per heavy atom. The quantitative estimate of drug-likeness (QED) is 0.623. The fraction of sp³-hybridized carbons (Fsp3) is 0.438. The lowest BCUT2D eigenvalue weighted by Crippen LogP contribution is -2.29. The van der Waals surface area contributed by atoms with Crippen LogP contribution in [-0.2, 0) is 9.53 Å². The Morgan fingerprint density at radius 1 is 1.35 bits per heavy atom. The molecule has 0 unspecified atom stereocenters. The normalized spacial score (nSPS) is 11.4. The van der Waals surface area contributed by atoms with Gasteiger partial charge >= 0.3 is 5.97 Å². The zero-order chi connectivity index (χ0) is 16.9. The van der Waals surface area contributed by atoms with E-state index in [0.717, 1.165) is 29.2 Å². The molecule has 0 radical (unpaired) electrons. The maximum Gasteiger partial charge on any atom is 0.308 e. The van der Waals surface area contributed by atoms with E-state index in [-0.39, 0.29) is 24.2 Å². The Labute approximate surface area is 139 Å². The number of amides is 1. The highest BCUT2D eigenvalue weighted by molar-refractivity contribution is 8.13. The zero-order valence-corrected chi connectivity index (χ0v) is 14.3. The van der Waals surface area contributed by atoms with Gasteiger partial charge in [0.2, 0.25) is 0 Å². The summed E-state index contributed by atoms with van der Waals surface area (Å²) in [4.78, 5) is 30.9. The van der Waals surface area contributed by atoms with E-state index in [9.17, 15) is 9.59 Å². The summed E-state index contributed by atoms with van der Waals surface area (Å²) in [5.41, 5.74) is 1.23. The van der Waals surface area contributed by atoms with Crippen molar-refractivity contribution in [3.05, 3.63) is 24.3 Å². The molecule has 2 aromatic rings. The number of carbonyl (C=O) groups excluding carboxylic acids is 2. The molecule has 23 heavy (non-hydrogen) atoms. The number of aromatic nitrogens is 2. The van der Waals surface area contributed by atoms with Gasteiger partial charge in [0.1, 0.15) is 5.60 Å². The van der Waals surface area contributed by atoms with E-state index < -0.39 is 5.60 Å². The standard InChI is InChI=1S/C16H21N3O3S/c1-4-16(2,3)22-13(20)9-10-17-15(21)23-14-18-11-7-5-6-8-12(11)19-14/h5-8H,4,9-10H2,1-3H3,(H,17,21)(H,18,19). The van der Waals surface area contributed by atoms with Crippen molar-refractivity contribution in [2.24, 2.45) is 0 Å². The van der Waals surface area contributed by atoms with Crippen molar-refractivity contribution in [3.8, 4) is 0 Å². The highest BCUT2D eigenvalue weighted by Crippen LogP contribution is 2.19. The summed E-state index contributed by atoms with van der Waals surface area (Å²) in [7, 11) is 0. The number of benzene rings is 1. The van der Waals surface area contributed by atoms with E-state index in [0.29, 0.717) is 5.16 Å². The largest absolute Gasteiger partial charge is 0.460 e. The van der Waals surface area contributed by atoms with E-state index in [2.05, 4.69) is 15.3 Å². The molecule has 1 aromatic carbocycles. The van der Waals surface area contributed by atoms with Crippen LogP contribution < -0.4 is 5.32 Å². The molecule has 0 aliphatic heterocycles. The summed E-state index contributed by atoms with van der Waals surface area (Å²) < 4.78 is 5.31. The van der Waals surface area contributed by atoms with Crippen molar-refractivity contribution in [1.29, 1.82) is 0 Å². The van der Waals surface area contributed by atoms with E-state index in [1.54, 1.807) is 0 Å². The number of ether oxygens (including phenoxy) is 1. The lowest BCUT2D eigenvalue weighted by Gasteiger charge is -2.23. The maximum absolute atomic E-state index is 11.9. The molecule has 0 saturated carbocycles. The minimum absolute atomic E-state index is 0.149. The molecule has 1 amide bonds. The molecule has 1 aromatic heterocycles. The molecule has 2 rings (SSSR count). The number of thioether (sulfide) groups is 1. The first-order chi connectivity index (χ1) is 10.9. The van der Waals surface area contributed by atoms with E-state index in [1.807, 2.05) is 45.0 Å². The number of hydrogen-bond donors (Lipinski definition) is 2. The maximum atomic E-state index is 11.9. The number of para-hydroxylation sites is 2. The molecule has 0 bridgehead atoms. The summed E-state index contributed by atoms with van der Waals surface area (Å²) in [6.45, 7) is 5.92. The summed E-state index contributed by atoms with van der Waals surface area (Å²) in [5, 5.41) is 2.94. The minimum atomic E-state index is -0.468. The van der Waals surface area contributed by atoms with Crippen molar-refractivity contribution < 1.29 is 14.3 Å². The van der Waals surface area contributed by atoms with Gasteiger partial charge in [-0.25, -0.2) is 4.98 Å². The van der Waals surface area contributed by atoms with Gasteiger partial charge in [-0.1, -0.05) is 19.1 Å². The van der Waals surface area contributed by atoms with E-state index in [4.69, 9.17) is 4.74 Å². The molecule has 124 valence electrons. The van der Waals surface area contributed by atoms with Crippen LogP contribution >= 0.6 is 11.8 Å². The number of hydrogen-bond acceptors (Lipinski definition) is 5. The number of imidazole rings is 1. The molecule has 0 saturated heterocycles. The first-order valence-corrected chi connectivity index (χ1v) is 8.33. The predicted molar refractivity (Wildman–Crippen MR) is 90.4 cm³/mol. The fourth-order valence-corrected chi connectivity index (χ4v) is 2.45. The first-order valence-electron chi connectivity index (χ1n) is 7.52. The number of rotatable bonds is 6. The van der Waals surface area contributed by atoms with Crippen LogP contribution in [0.1, 0.15) is 33.6 Å². The minimum Gasteiger partial charge on any atom is -0.460 e. The van der Waals surface area contributed by atoms with Gasteiger partial charge in [-0.2, -0.15) is 0 Å². The number of carbonyl (C=O) groups is 2. The molecule has 7 heteroatoms. The number of esters is 1. The van der Waals surface area contributed by atoms with Gasteiger partial charge < -0.3 is 15.0 Å². The SMILES string of the molecule is CCC(C)(C)OC(=O)CCNC(=O)Sc1nc2ccccc2[nH]1. The van der Waals surface area contributed by atoms with Crippen molar-refractivity contribution in [2.45, 2.75) is 44.4 Å². The summed E-state index contributed by atoms with van der Waals surface area (Å²) >= 11 is 0.970. The smallest absolute Gasteiger partial charge is 0.308 e. The Balaban J connectivity index is 1.76. The Bertz CT molecular complexity index is 664. The van der Waals surface area contributed by atoms with Crippen LogP contribution in [-0.4, -0.2) is 33.3 Å². The van der Waals surface area contributed by atoms with Gasteiger partial charge in [0, 0.05) is 18.3 Å². The van der Waals surface area contributed by atoms with Gasteiger partial charge in [-0.15, -0.1) is 0 Å². The molecule has 1 heterocycles. The number of fused-ring (bicyclic) bond motifs is 1. The molecule has 0 atom stereocenters. The highest BCUT2D eigenvalue weighted by atomic mass is 32.2. The van der Waals surface area contributed by atoms with Gasteiger partial charge in [0.15, 0.2) is 5.16 Å². The Morgan fingerprint density at radius 3 is 2.78 bits per heavy atom. The fourth-order valence-electron chi connectivity index (χ4n) is 1.80. The Kier molecular flexibility index (Phi) is 5.65. The Hall–Kier alpha value is -2.02. The van der Waals surface area contributed by atoms with Crippen LogP contribution in [0.5, 0.6) is 0 Å². The monoisotopic (exact) mass is 335 g/mol. The van der Waals surface area contributed by atoms with E-state index >= 15 is 0 Å². The van der Waals surface area contributed by atoms with Crippen molar-refractivity contribution in [1.82, 2.24) is 15.3 Å². The predicted octanol–water partition coefficient (Wildman–Crippen LogP) is 3.49. The van der Waals surface area contributed by atoms with Gasteiger partial charge in [-0.3, -0.25) is 9.59 Å². The molecule has 0 aliphatic rings. The molecule has 6 nitrogen and oxygen atoms in total. The number of H-pyrrole nitrogens is 1. The highest BCUT2D eigenvalue weighted by Gasteiger charge is 2.20. The molecule has 2 N–H and O–H groups in total. The molecule has 0 aliphatic carbocycles. The number of aromatic amines is 1. The molecule has 0 spiro atoms. The number of nitrogens with one attached hydrogen (secondary N) is 2. The van der Waals surface area contributed by atoms with Gasteiger partial charge in [0.25, 0.3) is 5.24 Å². The lowest BCUT2D eigenvalue weighted by atomic mass is 10.1. The van der Waals surface area contributed by atoms with Crippen molar-refractivity contribution in [2.75, 3.05) is 6.54 Å². The summed E-state index contributed by atoms with van der Waals surface area (Å²) in [5.74, 6) is -0.314. The second kappa shape index (κ2) is 7.50. The molecule has 0 fully saturated rings. The van der Waals surface area contributed by atoms with Crippen molar-refractivity contribution >= 4 is 34.0 Å². The average molecular weight is 335 g/mol. The second-order valence-electron chi connectivity index (χ2n) is 5.71. The van der Waals surface area contributed by atoms with Crippen molar-refractivity contribution in [3.63, 3.8) is 0 Å². The lowest BCUT2D eigenvalue weighted by molar-refractivity contribution is -0.156. The van der Waals surface area contributed by atoms with Crippen LogP contribution in [0, 0.1) is 0 Å². The van der Waals surface area contributed by atoms with Crippen LogP contribution in [0.4, 0.5) is 4.79 Å². The number of nitrogens with zero attached hydrogens (tertiary/aromatic N) is 1. The zero-order valence-electron chi connectivity index (χ0n) is 13.5.